The fourth-order valence-electron chi connectivity index (χ4n) is 4.39. The zero-order valence-electron chi connectivity index (χ0n) is 12.7. The Morgan fingerprint density at radius 1 is 1.15 bits per heavy atom. The standard InChI is InChI=1S/C17H28O2S/c1-13-3-2-4-14(11-13)16(18)15-5-8-19-17(12-15)6-9-20-10-7-17/h13-15H,2-12H2,1H3. The number of hydrogen-bond donors (Lipinski definition) is 0. The summed E-state index contributed by atoms with van der Waals surface area (Å²) in [7, 11) is 0. The molecule has 0 aromatic carbocycles. The van der Waals surface area contributed by atoms with Crippen molar-refractivity contribution in [2.24, 2.45) is 17.8 Å². The quantitative estimate of drug-likeness (QED) is 0.768. The van der Waals surface area contributed by atoms with E-state index in [9.17, 15) is 4.79 Å². The van der Waals surface area contributed by atoms with E-state index in [0.717, 1.165) is 51.0 Å². The summed E-state index contributed by atoms with van der Waals surface area (Å²) in [5.74, 6) is 4.40. The number of rotatable bonds is 2. The first-order valence-electron chi connectivity index (χ1n) is 8.44. The van der Waals surface area contributed by atoms with E-state index in [4.69, 9.17) is 4.74 Å². The number of hydrogen-bond acceptors (Lipinski definition) is 3. The molecule has 0 amide bonds. The molecule has 1 spiro atoms. The maximum atomic E-state index is 12.9. The van der Waals surface area contributed by atoms with Crippen LogP contribution in [0.5, 0.6) is 0 Å². The summed E-state index contributed by atoms with van der Waals surface area (Å²) < 4.78 is 6.13. The lowest BCUT2D eigenvalue weighted by atomic mass is 9.72. The number of carbonyl (C=O) groups excluding carboxylic acids is 1. The first-order valence-corrected chi connectivity index (χ1v) is 9.59. The van der Waals surface area contributed by atoms with Crippen LogP contribution in [0.15, 0.2) is 0 Å². The molecule has 20 heavy (non-hydrogen) atoms. The zero-order valence-corrected chi connectivity index (χ0v) is 13.6. The first-order chi connectivity index (χ1) is 9.69. The molecule has 0 aromatic heterocycles. The Morgan fingerprint density at radius 2 is 1.95 bits per heavy atom. The van der Waals surface area contributed by atoms with Crippen molar-refractivity contribution in [3.05, 3.63) is 0 Å². The second-order valence-electron chi connectivity index (χ2n) is 7.20. The third kappa shape index (κ3) is 3.24. The van der Waals surface area contributed by atoms with Crippen LogP contribution in [0.2, 0.25) is 0 Å². The molecule has 3 rings (SSSR count). The summed E-state index contributed by atoms with van der Waals surface area (Å²) in [4.78, 5) is 12.9. The maximum absolute atomic E-state index is 12.9. The second kappa shape index (κ2) is 6.39. The highest BCUT2D eigenvalue weighted by molar-refractivity contribution is 7.99. The Morgan fingerprint density at radius 3 is 2.70 bits per heavy atom. The highest BCUT2D eigenvalue weighted by atomic mass is 32.2. The van der Waals surface area contributed by atoms with Crippen LogP contribution in [0, 0.1) is 17.8 Å². The van der Waals surface area contributed by atoms with Gasteiger partial charge in [-0.1, -0.05) is 19.8 Å². The van der Waals surface area contributed by atoms with Gasteiger partial charge in [-0.05, 0) is 55.9 Å². The van der Waals surface area contributed by atoms with Gasteiger partial charge in [-0.15, -0.1) is 0 Å². The number of Topliss-reactive ketones (excluding diaryl/α,β-unsaturated/α-hetero) is 1. The molecule has 0 bridgehead atoms. The Balaban J connectivity index is 1.62. The smallest absolute Gasteiger partial charge is 0.139 e. The van der Waals surface area contributed by atoms with Gasteiger partial charge in [-0.25, -0.2) is 0 Å². The minimum absolute atomic E-state index is 0.0596. The average molecular weight is 296 g/mol. The Hall–Kier alpha value is -0.0200. The fraction of sp³-hybridized carbons (Fsp3) is 0.941. The van der Waals surface area contributed by atoms with Crippen LogP contribution in [0.25, 0.3) is 0 Å². The molecule has 0 aromatic rings. The van der Waals surface area contributed by atoms with Crippen molar-refractivity contribution in [2.45, 2.75) is 63.9 Å². The lowest BCUT2D eigenvalue weighted by Crippen LogP contribution is -2.45. The van der Waals surface area contributed by atoms with Crippen molar-refractivity contribution in [1.82, 2.24) is 0 Å². The van der Waals surface area contributed by atoms with Crippen molar-refractivity contribution in [3.63, 3.8) is 0 Å². The molecule has 2 aliphatic heterocycles. The van der Waals surface area contributed by atoms with E-state index in [0.29, 0.717) is 17.6 Å². The van der Waals surface area contributed by atoms with Crippen LogP contribution in [-0.4, -0.2) is 29.5 Å². The van der Waals surface area contributed by atoms with E-state index in [1.54, 1.807) is 0 Å². The molecule has 0 N–H and O–H groups in total. The van der Waals surface area contributed by atoms with E-state index < -0.39 is 0 Å². The lowest BCUT2D eigenvalue weighted by molar-refractivity contribution is -0.143. The van der Waals surface area contributed by atoms with Crippen LogP contribution in [-0.2, 0) is 9.53 Å². The predicted molar refractivity (Wildman–Crippen MR) is 84.1 cm³/mol. The van der Waals surface area contributed by atoms with Crippen LogP contribution >= 0.6 is 11.8 Å². The van der Waals surface area contributed by atoms with Crippen molar-refractivity contribution in [1.29, 1.82) is 0 Å². The van der Waals surface area contributed by atoms with Crippen LogP contribution < -0.4 is 0 Å². The molecule has 1 aliphatic carbocycles. The van der Waals surface area contributed by atoms with Gasteiger partial charge in [-0.3, -0.25) is 4.79 Å². The summed E-state index contributed by atoms with van der Waals surface area (Å²) in [5, 5.41) is 0. The van der Waals surface area contributed by atoms with Gasteiger partial charge in [0.05, 0.1) is 5.60 Å². The Kier molecular flexibility index (Phi) is 4.76. The van der Waals surface area contributed by atoms with Crippen molar-refractivity contribution >= 4 is 17.5 Å². The summed E-state index contributed by atoms with van der Waals surface area (Å²) >= 11 is 2.04. The van der Waals surface area contributed by atoms with E-state index >= 15 is 0 Å². The lowest BCUT2D eigenvalue weighted by Gasteiger charge is -2.43. The highest BCUT2D eigenvalue weighted by Crippen LogP contribution is 2.42. The number of ketones is 1. The van der Waals surface area contributed by atoms with Gasteiger partial charge in [0.2, 0.25) is 0 Å². The van der Waals surface area contributed by atoms with E-state index in [-0.39, 0.29) is 5.60 Å². The number of ether oxygens (including phenoxy) is 1. The maximum Gasteiger partial charge on any atom is 0.139 e. The summed E-state index contributed by atoms with van der Waals surface area (Å²) in [6.07, 6.45) is 9.14. The Bertz CT molecular complexity index is 343. The monoisotopic (exact) mass is 296 g/mol. The second-order valence-corrected chi connectivity index (χ2v) is 8.43. The van der Waals surface area contributed by atoms with Gasteiger partial charge in [0.15, 0.2) is 0 Å². The summed E-state index contributed by atoms with van der Waals surface area (Å²) in [6, 6.07) is 0. The first kappa shape index (κ1) is 14.9. The third-order valence-electron chi connectivity index (χ3n) is 5.64. The molecule has 3 atom stereocenters. The van der Waals surface area contributed by atoms with Gasteiger partial charge < -0.3 is 4.74 Å². The summed E-state index contributed by atoms with van der Waals surface area (Å²) in [6.45, 7) is 3.12. The van der Waals surface area contributed by atoms with E-state index in [1.807, 2.05) is 11.8 Å². The predicted octanol–water partition coefficient (Wildman–Crippen LogP) is 4.07. The molecular weight excluding hydrogens is 268 g/mol. The topological polar surface area (TPSA) is 26.3 Å². The molecule has 3 fully saturated rings. The van der Waals surface area contributed by atoms with E-state index in [2.05, 4.69) is 6.92 Å². The van der Waals surface area contributed by atoms with Crippen LogP contribution in [0.1, 0.15) is 58.3 Å². The molecular formula is C17H28O2S. The van der Waals surface area contributed by atoms with Crippen LogP contribution in [0.3, 0.4) is 0 Å². The Labute approximate surface area is 127 Å². The largest absolute Gasteiger partial charge is 0.375 e. The molecule has 1 saturated carbocycles. The SMILES string of the molecule is CC1CCCC(C(=O)C2CCOC3(CCSCC3)C2)C1. The van der Waals surface area contributed by atoms with Gasteiger partial charge in [0.1, 0.15) is 5.78 Å². The minimum atomic E-state index is 0.0596. The van der Waals surface area contributed by atoms with Gasteiger partial charge in [0.25, 0.3) is 0 Å². The van der Waals surface area contributed by atoms with Gasteiger partial charge >= 0.3 is 0 Å². The summed E-state index contributed by atoms with van der Waals surface area (Å²) in [5.41, 5.74) is 0.0596. The van der Waals surface area contributed by atoms with Crippen LogP contribution in [0.4, 0.5) is 0 Å². The molecule has 2 heterocycles. The molecule has 0 radical (unpaired) electrons. The molecule has 3 heteroatoms. The average Bonchev–Trinajstić information content (AvgIpc) is 2.47. The zero-order chi connectivity index (χ0) is 14.0. The number of carbonyl (C=O) groups is 1. The molecule has 3 unspecified atom stereocenters. The van der Waals surface area contributed by atoms with Gasteiger partial charge in [0, 0.05) is 18.4 Å². The fourth-order valence-corrected chi connectivity index (χ4v) is 5.63. The number of thioether (sulfide) groups is 1. The van der Waals surface area contributed by atoms with Crippen molar-refractivity contribution < 1.29 is 9.53 Å². The van der Waals surface area contributed by atoms with Crippen molar-refractivity contribution in [3.8, 4) is 0 Å². The minimum Gasteiger partial charge on any atom is -0.375 e. The van der Waals surface area contributed by atoms with E-state index in [1.165, 1.54) is 24.3 Å². The molecule has 2 saturated heterocycles. The molecule has 114 valence electrons. The van der Waals surface area contributed by atoms with Crippen molar-refractivity contribution in [2.75, 3.05) is 18.1 Å². The highest BCUT2D eigenvalue weighted by Gasteiger charge is 2.42. The molecule has 3 aliphatic rings. The molecule has 2 nitrogen and oxygen atoms in total. The normalized spacial score (nSPS) is 37.8. The van der Waals surface area contributed by atoms with Gasteiger partial charge in [-0.2, -0.15) is 11.8 Å². The third-order valence-corrected chi connectivity index (χ3v) is 6.62.